The van der Waals surface area contributed by atoms with E-state index in [4.69, 9.17) is 8.85 Å². The van der Waals surface area contributed by atoms with E-state index < -0.39 is 19.5 Å². The van der Waals surface area contributed by atoms with Gasteiger partial charge in [0.1, 0.15) is 6.29 Å². The van der Waals surface area contributed by atoms with Crippen molar-refractivity contribution in [2.45, 2.75) is 70.6 Å². The number of piperazine rings is 1. The van der Waals surface area contributed by atoms with Crippen molar-refractivity contribution in [3.05, 3.63) is 82.3 Å². The number of benzene rings is 2. The molecule has 0 N–H and O–H groups in total. The summed E-state index contributed by atoms with van der Waals surface area (Å²) >= 11 is 3.63. The quantitative estimate of drug-likeness (QED) is 0.214. The Morgan fingerprint density at radius 2 is 1.69 bits per heavy atom. The van der Waals surface area contributed by atoms with E-state index in [0.717, 1.165) is 24.1 Å². The lowest BCUT2D eigenvalue weighted by Gasteiger charge is -2.47. The van der Waals surface area contributed by atoms with Crippen LogP contribution < -0.4 is 0 Å². The fraction of sp³-hybridized carbons (Fsp3) is 0.500. The molecule has 2 aromatic carbocycles. The molecule has 1 heterocycles. The van der Waals surface area contributed by atoms with E-state index in [1.165, 1.54) is 16.7 Å². The molecule has 4 nitrogen and oxygen atoms in total. The standard InChI is InChI=1S/C28H43BrN2O2Si2/c1-8-16-30-18-21(3)31(19-20(30)2)26(22-12-14-25(29)15-13-22)23-10-9-11-24(17-23)28(4,5)27(32-34-6)33-35-7/h8-15,17,20-21,26-27H,1,16,18-19,34-35H2,2-7H3/t20-,21-,26?/m0/s1. The van der Waals surface area contributed by atoms with Gasteiger partial charge < -0.3 is 8.85 Å². The minimum absolute atomic E-state index is 0.168. The lowest BCUT2D eigenvalue weighted by Crippen LogP contribution is -2.57. The van der Waals surface area contributed by atoms with Crippen LogP contribution in [0.5, 0.6) is 0 Å². The van der Waals surface area contributed by atoms with Crippen molar-refractivity contribution in [3.8, 4) is 0 Å². The monoisotopic (exact) mass is 574 g/mol. The number of hydrogen-bond donors (Lipinski definition) is 0. The molecule has 0 radical (unpaired) electrons. The van der Waals surface area contributed by atoms with E-state index in [9.17, 15) is 0 Å². The molecule has 7 heteroatoms. The van der Waals surface area contributed by atoms with Crippen molar-refractivity contribution in [2.24, 2.45) is 0 Å². The summed E-state index contributed by atoms with van der Waals surface area (Å²) < 4.78 is 13.5. The van der Waals surface area contributed by atoms with Crippen LogP contribution in [0.3, 0.4) is 0 Å². The van der Waals surface area contributed by atoms with Crippen LogP contribution in [0.25, 0.3) is 0 Å². The first-order valence-corrected chi connectivity index (χ1v) is 17.7. The van der Waals surface area contributed by atoms with Gasteiger partial charge >= 0.3 is 0 Å². The normalized spacial score (nSPS) is 22.3. The van der Waals surface area contributed by atoms with Crippen LogP contribution in [0.15, 0.2) is 65.7 Å². The summed E-state index contributed by atoms with van der Waals surface area (Å²) in [6, 6.07) is 19.1. The van der Waals surface area contributed by atoms with Crippen LogP contribution in [-0.2, 0) is 14.3 Å². The van der Waals surface area contributed by atoms with Gasteiger partial charge in [-0.1, -0.05) is 85.3 Å². The summed E-state index contributed by atoms with van der Waals surface area (Å²) in [5, 5.41) is 0. The average molecular weight is 576 g/mol. The molecule has 2 aromatic rings. The van der Waals surface area contributed by atoms with Crippen LogP contribution in [-0.4, -0.2) is 67.3 Å². The molecule has 0 spiro atoms. The molecule has 1 unspecified atom stereocenters. The topological polar surface area (TPSA) is 24.9 Å². The van der Waals surface area contributed by atoms with Crippen LogP contribution in [0.1, 0.15) is 50.4 Å². The maximum atomic E-state index is 6.20. The molecule has 1 saturated heterocycles. The van der Waals surface area contributed by atoms with Crippen molar-refractivity contribution in [1.29, 1.82) is 0 Å². The highest BCUT2D eigenvalue weighted by atomic mass is 79.9. The molecular formula is C28H43BrN2O2Si2. The molecule has 0 aromatic heterocycles. The first kappa shape index (κ1) is 28.5. The van der Waals surface area contributed by atoms with Crippen molar-refractivity contribution in [3.63, 3.8) is 0 Å². The maximum absolute atomic E-state index is 6.20. The second-order valence-corrected chi connectivity index (χ2v) is 12.9. The number of rotatable bonds is 11. The molecule has 1 aliphatic heterocycles. The van der Waals surface area contributed by atoms with Crippen molar-refractivity contribution in [1.82, 2.24) is 9.80 Å². The number of hydrogen-bond acceptors (Lipinski definition) is 4. The Balaban J connectivity index is 2.03. The van der Waals surface area contributed by atoms with Gasteiger partial charge in [0.15, 0.2) is 19.5 Å². The first-order chi connectivity index (χ1) is 16.7. The number of halogens is 1. The molecule has 3 rings (SSSR count). The zero-order chi connectivity index (χ0) is 25.6. The molecule has 1 fully saturated rings. The second-order valence-electron chi connectivity index (χ2n) is 10.2. The van der Waals surface area contributed by atoms with Gasteiger partial charge in [0.05, 0.1) is 6.04 Å². The highest BCUT2D eigenvalue weighted by Crippen LogP contribution is 2.37. The summed E-state index contributed by atoms with van der Waals surface area (Å²) in [6.45, 7) is 20.5. The third kappa shape index (κ3) is 6.83. The van der Waals surface area contributed by atoms with E-state index in [1.807, 2.05) is 6.08 Å². The van der Waals surface area contributed by atoms with Crippen LogP contribution in [0.2, 0.25) is 13.1 Å². The predicted molar refractivity (Wildman–Crippen MR) is 158 cm³/mol. The van der Waals surface area contributed by atoms with Gasteiger partial charge in [0.25, 0.3) is 0 Å². The molecule has 0 amide bonds. The largest absolute Gasteiger partial charge is 0.400 e. The molecule has 0 saturated carbocycles. The maximum Gasteiger partial charge on any atom is 0.161 e. The van der Waals surface area contributed by atoms with Crippen LogP contribution >= 0.6 is 15.9 Å². The van der Waals surface area contributed by atoms with Gasteiger partial charge in [-0.05, 0) is 42.7 Å². The summed E-state index contributed by atoms with van der Waals surface area (Å²) in [4.78, 5) is 5.22. The minimum Gasteiger partial charge on any atom is -0.400 e. The Bertz CT molecular complexity index is 950. The molecule has 192 valence electrons. The number of nitrogens with zero attached hydrogens (tertiary/aromatic N) is 2. The Hall–Kier alpha value is -1.07. The zero-order valence-corrected chi connectivity index (χ0v) is 26.8. The Kier molecular flexibility index (Phi) is 10.5. The predicted octanol–water partition coefficient (Wildman–Crippen LogP) is 5.02. The molecule has 35 heavy (non-hydrogen) atoms. The van der Waals surface area contributed by atoms with E-state index in [1.54, 1.807) is 0 Å². The fourth-order valence-corrected chi connectivity index (χ4v) is 7.33. The molecule has 3 atom stereocenters. The molecule has 0 bridgehead atoms. The van der Waals surface area contributed by atoms with Crippen molar-refractivity contribution >= 4 is 35.5 Å². The summed E-state index contributed by atoms with van der Waals surface area (Å²) in [5.74, 6) is 0. The fourth-order valence-electron chi connectivity index (χ4n) is 5.24. The Morgan fingerprint density at radius 1 is 1.03 bits per heavy atom. The van der Waals surface area contributed by atoms with E-state index >= 15 is 0 Å². The van der Waals surface area contributed by atoms with Gasteiger partial charge in [-0.3, -0.25) is 9.80 Å². The highest BCUT2D eigenvalue weighted by molar-refractivity contribution is 9.10. The van der Waals surface area contributed by atoms with Gasteiger partial charge in [0.2, 0.25) is 0 Å². The van der Waals surface area contributed by atoms with Gasteiger partial charge in [0, 0.05) is 41.6 Å². The first-order valence-electron chi connectivity index (χ1n) is 12.9. The molecule has 0 aliphatic carbocycles. The SMILES string of the molecule is C=CCN1C[C@H](C)N(C(c2ccc(Br)cc2)c2cccc(C(C)(C)C(O[SiH2]C)O[SiH2]C)c2)C[C@@H]1C. The lowest BCUT2D eigenvalue weighted by atomic mass is 9.81. The van der Waals surface area contributed by atoms with Crippen LogP contribution in [0.4, 0.5) is 0 Å². The minimum atomic E-state index is -0.575. The Labute approximate surface area is 226 Å². The average Bonchev–Trinajstić information content (AvgIpc) is 2.83. The van der Waals surface area contributed by atoms with E-state index in [2.05, 4.69) is 122 Å². The molecule has 1 aliphatic rings. The van der Waals surface area contributed by atoms with Gasteiger partial charge in [-0.15, -0.1) is 6.58 Å². The second kappa shape index (κ2) is 12.9. The van der Waals surface area contributed by atoms with Crippen molar-refractivity contribution in [2.75, 3.05) is 19.6 Å². The van der Waals surface area contributed by atoms with Crippen molar-refractivity contribution < 1.29 is 8.85 Å². The molecular weight excluding hydrogens is 532 g/mol. The van der Waals surface area contributed by atoms with E-state index in [0.29, 0.717) is 12.1 Å². The summed E-state index contributed by atoms with van der Waals surface area (Å²) in [5.41, 5.74) is 3.71. The van der Waals surface area contributed by atoms with Crippen LogP contribution in [0, 0.1) is 0 Å². The van der Waals surface area contributed by atoms with E-state index in [-0.39, 0.29) is 17.7 Å². The Morgan fingerprint density at radius 3 is 2.29 bits per heavy atom. The summed E-state index contributed by atoms with van der Waals surface area (Å²) in [7, 11) is -1.15. The third-order valence-electron chi connectivity index (χ3n) is 7.22. The van der Waals surface area contributed by atoms with Gasteiger partial charge in [-0.2, -0.15) is 0 Å². The third-order valence-corrected chi connectivity index (χ3v) is 9.02. The lowest BCUT2D eigenvalue weighted by molar-refractivity contribution is -0.0433. The smallest absolute Gasteiger partial charge is 0.161 e. The summed E-state index contributed by atoms with van der Waals surface area (Å²) in [6.07, 6.45) is 1.86. The zero-order valence-electron chi connectivity index (χ0n) is 22.3. The van der Waals surface area contributed by atoms with Gasteiger partial charge in [-0.25, -0.2) is 0 Å². The highest BCUT2D eigenvalue weighted by Gasteiger charge is 2.36.